The molecule has 2 unspecified atom stereocenters. The maximum absolute atomic E-state index is 10.7. The summed E-state index contributed by atoms with van der Waals surface area (Å²) in [7, 11) is 0. The molecule has 0 heterocycles. The van der Waals surface area contributed by atoms with Crippen LogP contribution >= 0.6 is 0 Å². The molecule has 12 heavy (non-hydrogen) atoms. The number of carboxylic acid groups (broad SMARTS) is 1. The number of aliphatic hydroxyl groups excluding tert-OH is 1. The summed E-state index contributed by atoms with van der Waals surface area (Å²) in [6.07, 6.45) is -1.86. The van der Waals surface area contributed by atoms with Crippen molar-refractivity contribution < 1.29 is 24.5 Å². The van der Waals surface area contributed by atoms with Gasteiger partial charge in [0, 0.05) is 0 Å². The van der Waals surface area contributed by atoms with Crippen LogP contribution in [0.25, 0.3) is 0 Å². The highest BCUT2D eigenvalue weighted by atomic mass is 16.6. The van der Waals surface area contributed by atoms with Gasteiger partial charge in [0.05, 0.1) is 6.10 Å². The molecule has 2 atom stereocenters. The average molecular weight is 176 g/mol. The number of carboxylic acids is 1. The quantitative estimate of drug-likeness (QED) is 0.456. The van der Waals surface area contributed by atoms with Crippen LogP contribution in [-0.2, 0) is 14.3 Å². The van der Waals surface area contributed by atoms with Crippen LogP contribution in [-0.4, -0.2) is 34.4 Å². The molecule has 0 spiro atoms. The minimum atomic E-state index is -2.07. The van der Waals surface area contributed by atoms with Crippen molar-refractivity contribution in [2.24, 2.45) is 0 Å². The third-order valence-corrected chi connectivity index (χ3v) is 1.35. The molecule has 0 aromatic carbocycles. The third kappa shape index (κ3) is 3.34. The maximum Gasteiger partial charge on any atom is 0.347 e. The fraction of sp³-hybridized carbons (Fsp3) is 0.714. The number of ether oxygens (including phenoxy) is 1. The maximum atomic E-state index is 10.7. The number of esters is 1. The van der Waals surface area contributed by atoms with Crippen molar-refractivity contribution in [1.29, 1.82) is 0 Å². The van der Waals surface area contributed by atoms with Crippen molar-refractivity contribution in [2.45, 2.75) is 32.5 Å². The third-order valence-electron chi connectivity index (χ3n) is 1.35. The van der Waals surface area contributed by atoms with E-state index in [1.54, 1.807) is 13.8 Å². The molecule has 0 fully saturated rings. The lowest BCUT2D eigenvalue weighted by Gasteiger charge is -2.11. The number of carbonyl (C=O) groups is 2. The number of hydrogen-bond donors (Lipinski definition) is 2. The Morgan fingerprint density at radius 1 is 1.50 bits per heavy atom. The highest BCUT2D eigenvalue weighted by Gasteiger charge is 2.25. The summed E-state index contributed by atoms with van der Waals surface area (Å²) in [5, 5.41) is 16.9. The molecule has 0 bridgehead atoms. The second kappa shape index (κ2) is 4.71. The predicted molar refractivity (Wildman–Crippen MR) is 39.5 cm³/mol. The molecule has 0 saturated carbocycles. The Hall–Kier alpha value is -1.10. The molecule has 0 radical (unpaired) electrons. The van der Waals surface area contributed by atoms with E-state index < -0.39 is 18.0 Å². The summed E-state index contributed by atoms with van der Waals surface area (Å²) < 4.78 is 4.55. The molecule has 5 heteroatoms. The summed E-state index contributed by atoms with van der Waals surface area (Å²) >= 11 is 0. The minimum Gasteiger partial charge on any atom is -0.479 e. The van der Waals surface area contributed by atoms with Gasteiger partial charge in [0.1, 0.15) is 0 Å². The molecule has 5 nitrogen and oxygen atoms in total. The van der Waals surface area contributed by atoms with Crippen LogP contribution in [0.3, 0.4) is 0 Å². The Bertz CT molecular complexity index is 177. The number of aliphatic carboxylic acids is 1. The van der Waals surface area contributed by atoms with Gasteiger partial charge in [0.15, 0.2) is 0 Å². The van der Waals surface area contributed by atoms with E-state index in [1.165, 1.54) is 0 Å². The highest BCUT2D eigenvalue weighted by Crippen LogP contribution is 1.99. The van der Waals surface area contributed by atoms with Gasteiger partial charge in [0.25, 0.3) is 0 Å². The molecule has 2 N–H and O–H groups in total. The van der Waals surface area contributed by atoms with E-state index in [9.17, 15) is 9.59 Å². The van der Waals surface area contributed by atoms with Crippen LogP contribution in [0.15, 0.2) is 0 Å². The average Bonchev–Trinajstić information content (AvgIpc) is 2.02. The van der Waals surface area contributed by atoms with Gasteiger partial charge in [-0.1, -0.05) is 6.92 Å². The Balaban J connectivity index is 3.95. The lowest BCUT2D eigenvalue weighted by molar-refractivity contribution is -0.168. The Morgan fingerprint density at radius 3 is 2.33 bits per heavy atom. The number of aliphatic hydroxyl groups is 1. The first-order chi connectivity index (χ1) is 5.49. The summed E-state index contributed by atoms with van der Waals surface area (Å²) in [6.45, 7) is 3.40. The lowest BCUT2D eigenvalue weighted by Crippen LogP contribution is -2.33. The minimum absolute atomic E-state index is 0.369. The van der Waals surface area contributed by atoms with Gasteiger partial charge in [-0.05, 0) is 13.3 Å². The summed E-state index contributed by atoms with van der Waals surface area (Å²) in [6, 6.07) is 0. The SMILES string of the molecule is CCC(C)OC(=O)C(O)C(=O)O. The van der Waals surface area contributed by atoms with Gasteiger partial charge in [-0.3, -0.25) is 0 Å². The predicted octanol–water partition coefficient (Wildman–Crippen LogP) is -0.226. The van der Waals surface area contributed by atoms with E-state index in [1.807, 2.05) is 0 Å². The van der Waals surface area contributed by atoms with Gasteiger partial charge in [-0.2, -0.15) is 0 Å². The van der Waals surface area contributed by atoms with Crippen LogP contribution < -0.4 is 0 Å². The van der Waals surface area contributed by atoms with Gasteiger partial charge in [-0.25, -0.2) is 9.59 Å². The van der Waals surface area contributed by atoms with E-state index in [2.05, 4.69) is 4.74 Å². The van der Waals surface area contributed by atoms with Gasteiger partial charge < -0.3 is 14.9 Å². The Labute approximate surface area is 70.0 Å². The first-order valence-corrected chi connectivity index (χ1v) is 3.60. The van der Waals surface area contributed by atoms with Crippen LogP contribution in [0.2, 0.25) is 0 Å². The molecule has 70 valence electrons. The zero-order valence-electron chi connectivity index (χ0n) is 6.98. The molecule has 0 amide bonds. The summed E-state index contributed by atoms with van der Waals surface area (Å²) in [5.74, 6) is -2.71. The molecular weight excluding hydrogens is 164 g/mol. The van der Waals surface area contributed by atoms with E-state index in [-0.39, 0.29) is 6.10 Å². The molecule has 0 aromatic rings. The molecule has 0 rings (SSSR count). The van der Waals surface area contributed by atoms with E-state index in [0.717, 1.165) is 0 Å². The number of rotatable bonds is 4. The van der Waals surface area contributed by atoms with Crippen LogP contribution in [0, 0.1) is 0 Å². The van der Waals surface area contributed by atoms with Gasteiger partial charge in [0.2, 0.25) is 6.10 Å². The van der Waals surface area contributed by atoms with Crippen molar-refractivity contribution in [1.82, 2.24) is 0 Å². The number of hydrogen-bond acceptors (Lipinski definition) is 4. The van der Waals surface area contributed by atoms with E-state index in [4.69, 9.17) is 10.2 Å². The Morgan fingerprint density at radius 2 is 2.00 bits per heavy atom. The van der Waals surface area contributed by atoms with Crippen LogP contribution in [0.4, 0.5) is 0 Å². The van der Waals surface area contributed by atoms with Gasteiger partial charge >= 0.3 is 11.9 Å². The molecular formula is C7H12O5. The highest BCUT2D eigenvalue weighted by molar-refractivity contribution is 5.96. The Kier molecular flexibility index (Phi) is 4.28. The van der Waals surface area contributed by atoms with E-state index in [0.29, 0.717) is 6.42 Å². The molecule has 0 aliphatic rings. The van der Waals surface area contributed by atoms with Crippen molar-refractivity contribution >= 4 is 11.9 Å². The topological polar surface area (TPSA) is 83.8 Å². The van der Waals surface area contributed by atoms with Crippen molar-refractivity contribution in [3.05, 3.63) is 0 Å². The van der Waals surface area contributed by atoms with Gasteiger partial charge in [-0.15, -0.1) is 0 Å². The molecule has 0 aromatic heterocycles. The largest absolute Gasteiger partial charge is 0.479 e. The second-order valence-corrected chi connectivity index (χ2v) is 2.40. The molecule has 0 aliphatic carbocycles. The zero-order chi connectivity index (χ0) is 9.72. The first kappa shape index (κ1) is 10.9. The summed E-state index contributed by atoms with van der Waals surface area (Å²) in [5.41, 5.74) is 0. The monoisotopic (exact) mass is 176 g/mol. The standard InChI is InChI=1S/C7H12O5/c1-3-4(2)12-7(11)5(8)6(9)10/h4-5,8H,3H2,1-2H3,(H,9,10). The van der Waals surface area contributed by atoms with Crippen LogP contribution in [0.1, 0.15) is 20.3 Å². The van der Waals surface area contributed by atoms with Crippen molar-refractivity contribution in [2.75, 3.05) is 0 Å². The molecule has 0 saturated heterocycles. The second-order valence-electron chi connectivity index (χ2n) is 2.40. The van der Waals surface area contributed by atoms with Crippen molar-refractivity contribution in [3.8, 4) is 0 Å². The first-order valence-electron chi connectivity index (χ1n) is 3.60. The van der Waals surface area contributed by atoms with E-state index >= 15 is 0 Å². The summed E-state index contributed by atoms with van der Waals surface area (Å²) in [4.78, 5) is 20.8. The smallest absolute Gasteiger partial charge is 0.347 e. The normalized spacial score (nSPS) is 14.9. The number of carbonyl (C=O) groups excluding carboxylic acids is 1. The fourth-order valence-corrected chi connectivity index (χ4v) is 0.447. The zero-order valence-corrected chi connectivity index (χ0v) is 6.98. The lowest BCUT2D eigenvalue weighted by atomic mass is 10.3. The van der Waals surface area contributed by atoms with Crippen molar-refractivity contribution in [3.63, 3.8) is 0 Å². The fourth-order valence-electron chi connectivity index (χ4n) is 0.447. The molecule has 0 aliphatic heterocycles. The van der Waals surface area contributed by atoms with Crippen LogP contribution in [0.5, 0.6) is 0 Å².